The second-order valence-electron chi connectivity index (χ2n) is 5.98. The average Bonchev–Trinajstić information content (AvgIpc) is 3.08. The van der Waals surface area contributed by atoms with Crippen molar-refractivity contribution in [2.75, 3.05) is 40.2 Å². The van der Waals surface area contributed by atoms with Crippen molar-refractivity contribution in [1.82, 2.24) is 4.90 Å². The molecule has 3 N–H and O–H groups in total. The normalized spacial score (nSPS) is 20.2. The third-order valence-electron chi connectivity index (χ3n) is 3.94. The molecule has 25 heavy (non-hydrogen) atoms. The van der Waals surface area contributed by atoms with Gasteiger partial charge in [0.2, 0.25) is 0 Å². The summed E-state index contributed by atoms with van der Waals surface area (Å²) in [6.07, 6.45) is 1.02. The number of anilines is 1. The predicted molar refractivity (Wildman–Crippen MR) is 96.2 cm³/mol. The molecule has 2 atom stereocenters. The van der Waals surface area contributed by atoms with E-state index in [9.17, 15) is 4.79 Å². The van der Waals surface area contributed by atoms with E-state index in [-0.39, 0.29) is 24.1 Å². The van der Waals surface area contributed by atoms with Crippen LogP contribution < -0.4 is 20.5 Å². The fraction of sp³-hybridized carbons (Fsp3) is 0.529. The van der Waals surface area contributed by atoms with Gasteiger partial charge in [0.25, 0.3) is 5.91 Å². The highest BCUT2D eigenvalue weighted by molar-refractivity contribution is 5.92. The maximum absolute atomic E-state index is 11.9. The molecule has 2 rings (SSSR count). The molecule has 1 aliphatic heterocycles. The van der Waals surface area contributed by atoms with Crippen LogP contribution in [0.3, 0.4) is 0 Å². The number of benzene rings is 1. The van der Waals surface area contributed by atoms with Crippen LogP contribution >= 0.6 is 0 Å². The van der Waals surface area contributed by atoms with Crippen molar-refractivity contribution in [3.8, 4) is 11.5 Å². The van der Waals surface area contributed by atoms with Crippen LogP contribution in [0.15, 0.2) is 23.2 Å². The first kappa shape index (κ1) is 18.9. The van der Waals surface area contributed by atoms with Gasteiger partial charge in [-0.25, -0.2) is 0 Å². The molecule has 8 heteroatoms. The van der Waals surface area contributed by atoms with Crippen molar-refractivity contribution in [3.05, 3.63) is 18.2 Å². The molecule has 1 heterocycles. The Morgan fingerprint density at radius 3 is 2.68 bits per heavy atom. The number of nitrogens with two attached hydrogens (primary N) is 1. The second-order valence-corrected chi connectivity index (χ2v) is 5.98. The lowest BCUT2D eigenvalue weighted by molar-refractivity contribution is -0.140. The van der Waals surface area contributed by atoms with Crippen molar-refractivity contribution >= 4 is 17.6 Å². The van der Waals surface area contributed by atoms with E-state index in [4.69, 9.17) is 19.9 Å². The number of hydrogen-bond acceptors (Lipinski definition) is 5. The Hall–Kier alpha value is -2.48. The number of amides is 1. The van der Waals surface area contributed by atoms with Gasteiger partial charge in [0.15, 0.2) is 17.5 Å². The van der Waals surface area contributed by atoms with Crippen LogP contribution in [0.4, 0.5) is 5.69 Å². The zero-order valence-electron chi connectivity index (χ0n) is 15.1. The van der Waals surface area contributed by atoms with Gasteiger partial charge in [-0.3, -0.25) is 9.79 Å². The number of rotatable bonds is 6. The molecule has 138 valence electrons. The summed E-state index contributed by atoms with van der Waals surface area (Å²) in [7, 11) is 6.60. The summed E-state index contributed by atoms with van der Waals surface area (Å²) in [4.78, 5) is 17.7. The number of aliphatic imine (C=N–C) groups is 1. The molecule has 1 saturated heterocycles. The highest BCUT2D eigenvalue weighted by atomic mass is 16.5. The Morgan fingerprint density at radius 2 is 2.04 bits per heavy atom. The van der Waals surface area contributed by atoms with Gasteiger partial charge in [0, 0.05) is 25.8 Å². The third kappa shape index (κ3) is 4.99. The number of carbonyl (C=O) groups excluding carboxylic acids is 1. The summed E-state index contributed by atoms with van der Waals surface area (Å²) < 4.78 is 16.2. The van der Waals surface area contributed by atoms with Crippen molar-refractivity contribution < 1.29 is 19.0 Å². The van der Waals surface area contributed by atoms with Crippen LogP contribution in [0.1, 0.15) is 12.8 Å². The Bertz CT molecular complexity index is 633. The molecule has 0 spiro atoms. The van der Waals surface area contributed by atoms with Gasteiger partial charge in [-0.2, -0.15) is 0 Å². The summed E-state index contributed by atoms with van der Waals surface area (Å²) in [5, 5.41) is 3.01. The third-order valence-corrected chi connectivity index (χ3v) is 3.94. The molecule has 0 aromatic heterocycles. The summed E-state index contributed by atoms with van der Waals surface area (Å²) in [6, 6.07) is 5.38. The van der Waals surface area contributed by atoms with E-state index in [1.807, 2.05) is 6.07 Å². The fourth-order valence-electron chi connectivity index (χ4n) is 2.61. The van der Waals surface area contributed by atoms with Crippen molar-refractivity contribution in [1.29, 1.82) is 0 Å². The topological polar surface area (TPSA) is 98.4 Å². The summed E-state index contributed by atoms with van der Waals surface area (Å²) in [6.45, 7) is 0.406. The summed E-state index contributed by atoms with van der Waals surface area (Å²) in [5.74, 6) is 1.50. The number of ether oxygens (including phenoxy) is 3. The molecular weight excluding hydrogens is 324 g/mol. The average molecular weight is 350 g/mol. The van der Waals surface area contributed by atoms with E-state index in [0.29, 0.717) is 24.5 Å². The Labute approximate surface area is 147 Å². The first-order chi connectivity index (χ1) is 11.9. The Balaban J connectivity index is 1.89. The maximum atomic E-state index is 11.9. The molecule has 1 aromatic carbocycles. The largest absolute Gasteiger partial charge is 0.493 e. The smallest absolute Gasteiger partial charge is 0.251 e. The number of nitrogens with one attached hydrogen (secondary N) is 1. The highest BCUT2D eigenvalue weighted by Crippen LogP contribution is 2.29. The lowest BCUT2D eigenvalue weighted by atomic mass is 10.2. The van der Waals surface area contributed by atoms with Crippen LogP contribution in [0.5, 0.6) is 11.5 Å². The van der Waals surface area contributed by atoms with Gasteiger partial charge in [-0.1, -0.05) is 0 Å². The molecular formula is C17H26N4O4. The van der Waals surface area contributed by atoms with Crippen LogP contribution in [-0.4, -0.2) is 63.8 Å². The molecule has 1 fully saturated rings. The zero-order valence-corrected chi connectivity index (χ0v) is 15.1. The van der Waals surface area contributed by atoms with Crippen LogP contribution in [0.2, 0.25) is 0 Å². The van der Waals surface area contributed by atoms with Gasteiger partial charge in [0.1, 0.15) is 6.10 Å². The predicted octanol–water partition coefficient (Wildman–Crippen LogP) is 1.07. The Kier molecular flexibility index (Phi) is 6.46. The SMILES string of the molecule is COc1ccc(NC(N)=NCC2CCC(C(=O)N(C)C)O2)cc1OC. The van der Waals surface area contributed by atoms with E-state index < -0.39 is 0 Å². The first-order valence-corrected chi connectivity index (χ1v) is 8.10. The van der Waals surface area contributed by atoms with E-state index in [1.54, 1.807) is 45.3 Å². The molecule has 0 bridgehead atoms. The monoisotopic (exact) mass is 350 g/mol. The minimum absolute atomic E-state index is 0.0112. The summed E-state index contributed by atoms with van der Waals surface area (Å²) in [5.41, 5.74) is 6.67. The van der Waals surface area contributed by atoms with Gasteiger partial charge in [0.05, 0.1) is 26.9 Å². The van der Waals surface area contributed by atoms with Crippen LogP contribution in [0.25, 0.3) is 0 Å². The van der Waals surface area contributed by atoms with E-state index >= 15 is 0 Å². The lowest BCUT2D eigenvalue weighted by Gasteiger charge is -2.16. The van der Waals surface area contributed by atoms with Crippen molar-refractivity contribution in [3.63, 3.8) is 0 Å². The number of hydrogen-bond donors (Lipinski definition) is 2. The minimum Gasteiger partial charge on any atom is -0.493 e. The molecule has 0 aliphatic carbocycles. The minimum atomic E-state index is -0.379. The highest BCUT2D eigenvalue weighted by Gasteiger charge is 2.31. The van der Waals surface area contributed by atoms with Gasteiger partial charge < -0.3 is 30.2 Å². The van der Waals surface area contributed by atoms with E-state index in [1.165, 1.54) is 0 Å². The van der Waals surface area contributed by atoms with Crippen LogP contribution in [-0.2, 0) is 9.53 Å². The van der Waals surface area contributed by atoms with Gasteiger partial charge in [-0.05, 0) is 25.0 Å². The van der Waals surface area contributed by atoms with Crippen molar-refractivity contribution in [2.45, 2.75) is 25.0 Å². The molecule has 1 amide bonds. The number of likely N-dealkylation sites (N-methyl/N-ethyl adjacent to an activating group) is 1. The van der Waals surface area contributed by atoms with Gasteiger partial charge in [-0.15, -0.1) is 0 Å². The lowest BCUT2D eigenvalue weighted by Crippen LogP contribution is -2.34. The first-order valence-electron chi connectivity index (χ1n) is 8.10. The zero-order chi connectivity index (χ0) is 18.4. The second kappa shape index (κ2) is 8.57. The number of carbonyl (C=O) groups is 1. The molecule has 1 aliphatic rings. The number of methoxy groups -OCH3 is 2. The standard InChI is InChI=1S/C17H26N4O4/c1-21(2)16(22)14-8-6-12(25-14)10-19-17(18)20-11-5-7-13(23-3)15(9-11)24-4/h5,7,9,12,14H,6,8,10H2,1-4H3,(H3,18,19,20). The number of nitrogens with zero attached hydrogens (tertiary/aromatic N) is 2. The summed E-state index contributed by atoms with van der Waals surface area (Å²) >= 11 is 0. The molecule has 0 saturated carbocycles. The van der Waals surface area contributed by atoms with E-state index in [0.717, 1.165) is 12.1 Å². The maximum Gasteiger partial charge on any atom is 0.251 e. The number of guanidine groups is 1. The van der Waals surface area contributed by atoms with Crippen LogP contribution in [0, 0.1) is 0 Å². The Morgan fingerprint density at radius 1 is 1.32 bits per heavy atom. The van der Waals surface area contributed by atoms with Gasteiger partial charge >= 0.3 is 0 Å². The quantitative estimate of drug-likeness (QED) is 0.588. The fourth-order valence-corrected chi connectivity index (χ4v) is 2.61. The molecule has 2 unspecified atom stereocenters. The molecule has 1 aromatic rings. The van der Waals surface area contributed by atoms with Crippen molar-refractivity contribution in [2.24, 2.45) is 10.7 Å². The molecule has 8 nitrogen and oxygen atoms in total. The van der Waals surface area contributed by atoms with E-state index in [2.05, 4.69) is 10.3 Å². The molecule has 0 radical (unpaired) electrons.